The highest BCUT2D eigenvalue weighted by Crippen LogP contribution is 2.30. The van der Waals surface area contributed by atoms with Crippen LogP contribution < -0.4 is 10.5 Å². The summed E-state index contributed by atoms with van der Waals surface area (Å²) in [5.41, 5.74) is 9.53. The minimum Gasteiger partial charge on any atom is -0.493 e. The van der Waals surface area contributed by atoms with Crippen molar-refractivity contribution in [3.8, 4) is 5.75 Å². The third kappa shape index (κ3) is 1.42. The van der Waals surface area contributed by atoms with Gasteiger partial charge < -0.3 is 10.5 Å². The first-order valence-electron chi connectivity index (χ1n) is 4.86. The molecule has 0 unspecified atom stereocenters. The Labute approximate surface area is 84.4 Å². The van der Waals surface area contributed by atoms with E-state index in [1.807, 2.05) is 0 Å². The number of benzene rings is 1. The fraction of sp³-hybridized carbons (Fsp3) is 0.333. The molecule has 1 atom stereocenters. The second-order valence-corrected chi connectivity index (χ2v) is 3.68. The average molecular weight is 189 g/mol. The fourth-order valence-electron chi connectivity index (χ4n) is 1.83. The lowest BCUT2D eigenvalue weighted by Gasteiger charge is -2.12. The number of aryl methyl sites for hydroxylation is 1. The van der Waals surface area contributed by atoms with Crippen LogP contribution in [-0.2, 0) is 6.42 Å². The van der Waals surface area contributed by atoms with E-state index in [4.69, 9.17) is 10.5 Å². The molecule has 0 fully saturated rings. The number of fused-ring (bicyclic) bond motifs is 1. The van der Waals surface area contributed by atoms with Crippen molar-refractivity contribution in [2.45, 2.75) is 19.4 Å². The smallest absolute Gasteiger partial charge is 0.122 e. The number of hydrogen-bond donors (Lipinski definition) is 1. The van der Waals surface area contributed by atoms with Gasteiger partial charge in [-0.2, -0.15) is 0 Å². The molecule has 0 bridgehead atoms. The van der Waals surface area contributed by atoms with E-state index in [2.05, 4.69) is 25.6 Å². The number of hydrogen-bond acceptors (Lipinski definition) is 2. The van der Waals surface area contributed by atoms with Gasteiger partial charge in [-0.15, -0.1) is 6.58 Å². The van der Waals surface area contributed by atoms with Crippen LogP contribution in [0.4, 0.5) is 0 Å². The lowest BCUT2D eigenvalue weighted by molar-refractivity contribution is 0.356. The average Bonchev–Trinajstić information content (AvgIpc) is 2.62. The molecule has 74 valence electrons. The number of ether oxygens (including phenoxy) is 1. The van der Waals surface area contributed by atoms with Crippen molar-refractivity contribution >= 4 is 0 Å². The maximum atomic E-state index is 5.93. The summed E-state index contributed by atoms with van der Waals surface area (Å²) >= 11 is 0. The zero-order valence-electron chi connectivity index (χ0n) is 8.42. The van der Waals surface area contributed by atoms with Gasteiger partial charge in [0.25, 0.3) is 0 Å². The first kappa shape index (κ1) is 9.28. The highest BCUT2D eigenvalue weighted by molar-refractivity contribution is 5.46. The van der Waals surface area contributed by atoms with Gasteiger partial charge >= 0.3 is 0 Å². The molecule has 0 aromatic heterocycles. The Bertz CT molecular complexity index is 371. The van der Waals surface area contributed by atoms with Crippen LogP contribution in [0, 0.1) is 6.92 Å². The van der Waals surface area contributed by atoms with E-state index in [-0.39, 0.29) is 6.04 Å². The van der Waals surface area contributed by atoms with Gasteiger partial charge in [-0.05, 0) is 35.7 Å². The standard InChI is InChI=1S/C12H15NO/c1-3-11(13)10-7-9-4-5-14-12(9)6-8(10)2/h3,6-7,11H,1,4-5,13H2,2H3/t11-/m1/s1. The largest absolute Gasteiger partial charge is 0.493 e. The lowest BCUT2D eigenvalue weighted by atomic mass is 9.98. The second-order valence-electron chi connectivity index (χ2n) is 3.68. The monoisotopic (exact) mass is 189 g/mol. The zero-order valence-corrected chi connectivity index (χ0v) is 8.42. The Hall–Kier alpha value is -1.28. The Kier molecular flexibility index (Phi) is 2.30. The molecule has 14 heavy (non-hydrogen) atoms. The lowest BCUT2D eigenvalue weighted by Crippen LogP contribution is -2.08. The highest BCUT2D eigenvalue weighted by Gasteiger charge is 2.15. The second kappa shape index (κ2) is 3.46. The van der Waals surface area contributed by atoms with Gasteiger partial charge in [-0.1, -0.05) is 6.08 Å². The van der Waals surface area contributed by atoms with Crippen LogP contribution in [0.3, 0.4) is 0 Å². The van der Waals surface area contributed by atoms with Gasteiger partial charge in [-0.25, -0.2) is 0 Å². The van der Waals surface area contributed by atoms with E-state index in [0.29, 0.717) is 0 Å². The fourth-order valence-corrected chi connectivity index (χ4v) is 1.83. The topological polar surface area (TPSA) is 35.2 Å². The molecule has 1 aromatic carbocycles. The van der Waals surface area contributed by atoms with Crippen molar-refractivity contribution in [3.05, 3.63) is 41.5 Å². The maximum absolute atomic E-state index is 5.93. The molecule has 1 aliphatic rings. The van der Waals surface area contributed by atoms with E-state index >= 15 is 0 Å². The number of nitrogens with two attached hydrogens (primary N) is 1. The predicted octanol–water partition coefficient (Wildman–Crippen LogP) is 2.12. The molecule has 1 heterocycles. The molecule has 0 saturated carbocycles. The highest BCUT2D eigenvalue weighted by atomic mass is 16.5. The molecule has 2 N–H and O–H groups in total. The van der Waals surface area contributed by atoms with Crippen molar-refractivity contribution in [1.82, 2.24) is 0 Å². The van der Waals surface area contributed by atoms with E-state index in [1.165, 1.54) is 11.1 Å². The molecule has 0 amide bonds. The first-order chi connectivity index (χ1) is 6.72. The van der Waals surface area contributed by atoms with Crippen LogP contribution in [0.15, 0.2) is 24.8 Å². The summed E-state index contributed by atoms with van der Waals surface area (Å²) in [5.74, 6) is 1.02. The first-order valence-corrected chi connectivity index (χ1v) is 4.86. The van der Waals surface area contributed by atoms with Crippen molar-refractivity contribution < 1.29 is 4.74 Å². The summed E-state index contributed by atoms with van der Waals surface area (Å²) in [6.45, 7) is 6.56. The van der Waals surface area contributed by atoms with Crippen LogP contribution in [0.25, 0.3) is 0 Å². The Morgan fingerprint density at radius 2 is 2.36 bits per heavy atom. The number of rotatable bonds is 2. The summed E-state index contributed by atoms with van der Waals surface area (Å²) in [6, 6.07) is 4.14. The minimum atomic E-state index is -0.0686. The predicted molar refractivity (Wildman–Crippen MR) is 57.5 cm³/mol. The van der Waals surface area contributed by atoms with Crippen molar-refractivity contribution in [2.75, 3.05) is 6.61 Å². The molecule has 2 rings (SSSR count). The molecule has 0 radical (unpaired) electrons. The van der Waals surface area contributed by atoms with Gasteiger partial charge in [0, 0.05) is 12.5 Å². The maximum Gasteiger partial charge on any atom is 0.122 e. The summed E-state index contributed by atoms with van der Waals surface area (Å²) in [6.07, 6.45) is 2.76. The Morgan fingerprint density at radius 1 is 1.57 bits per heavy atom. The molecule has 0 spiro atoms. The molecule has 1 aromatic rings. The van der Waals surface area contributed by atoms with Gasteiger partial charge in [0.2, 0.25) is 0 Å². The van der Waals surface area contributed by atoms with Gasteiger partial charge in [0.05, 0.1) is 6.61 Å². The summed E-state index contributed by atoms with van der Waals surface area (Å²) in [4.78, 5) is 0. The zero-order chi connectivity index (χ0) is 10.1. The summed E-state index contributed by atoms with van der Waals surface area (Å²) in [7, 11) is 0. The third-order valence-corrected chi connectivity index (χ3v) is 2.69. The summed E-state index contributed by atoms with van der Waals surface area (Å²) in [5, 5.41) is 0. The van der Waals surface area contributed by atoms with Gasteiger partial charge in [0.15, 0.2) is 0 Å². The molecular formula is C12H15NO. The van der Waals surface area contributed by atoms with E-state index < -0.39 is 0 Å². The van der Waals surface area contributed by atoms with Crippen LogP contribution in [0.1, 0.15) is 22.7 Å². The van der Waals surface area contributed by atoms with Crippen LogP contribution >= 0.6 is 0 Å². The van der Waals surface area contributed by atoms with Gasteiger partial charge in [-0.3, -0.25) is 0 Å². The van der Waals surface area contributed by atoms with E-state index in [1.54, 1.807) is 6.08 Å². The van der Waals surface area contributed by atoms with Gasteiger partial charge in [0.1, 0.15) is 5.75 Å². The van der Waals surface area contributed by atoms with E-state index in [9.17, 15) is 0 Å². The summed E-state index contributed by atoms with van der Waals surface area (Å²) < 4.78 is 5.48. The molecular weight excluding hydrogens is 174 g/mol. The Balaban J connectivity index is 2.47. The van der Waals surface area contributed by atoms with Crippen LogP contribution in [0.2, 0.25) is 0 Å². The van der Waals surface area contributed by atoms with Crippen LogP contribution in [-0.4, -0.2) is 6.61 Å². The van der Waals surface area contributed by atoms with E-state index in [0.717, 1.165) is 24.3 Å². The minimum absolute atomic E-state index is 0.0686. The molecule has 2 heteroatoms. The molecule has 1 aliphatic heterocycles. The van der Waals surface area contributed by atoms with Crippen molar-refractivity contribution in [2.24, 2.45) is 5.73 Å². The Morgan fingerprint density at radius 3 is 3.07 bits per heavy atom. The normalized spacial score (nSPS) is 15.9. The molecule has 0 saturated heterocycles. The quantitative estimate of drug-likeness (QED) is 0.723. The molecule has 0 aliphatic carbocycles. The SMILES string of the molecule is C=C[C@@H](N)c1cc2c(cc1C)OCC2. The third-order valence-electron chi connectivity index (χ3n) is 2.69. The molecule has 2 nitrogen and oxygen atoms in total. The van der Waals surface area contributed by atoms with Crippen molar-refractivity contribution in [3.63, 3.8) is 0 Å². The van der Waals surface area contributed by atoms with Crippen LogP contribution in [0.5, 0.6) is 5.75 Å². The van der Waals surface area contributed by atoms with Crippen molar-refractivity contribution in [1.29, 1.82) is 0 Å².